The third kappa shape index (κ3) is 2.53. The van der Waals surface area contributed by atoms with Gasteiger partial charge >= 0.3 is 0 Å². The molecule has 1 unspecified atom stereocenters. The highest BCUT2D eigenvalue weighted by molar-refractivity contribution is 5.82. The van der Waals surface area contributed by atoms with Gasteiger partial charge < -0.3 is 10.2 Å². The fraction of sp³-hybridized carbons (Fsp3) is 0.500. The largest absolute Gasteiger partial charge is 0.338 e. The van der Waals surface area contributed by atoms with Crippen molar-refractivity contribution >= 4 is 5.91 Å². The Labute approximate surface area is 107 Å². The van der Waals surface area contributed by atoms with E-state index in [2.05, 4.69) is 5.32 Å². The molecule has 0 aromatic heterocycles. The molecule has 1 N–H and O–H groups in total. The van der Waals surface area contributed by atoms with Crippen LogP contribution in [0.2, 0.25) is 0 Å². The summed E-state index contributed by atoms with van der Waals surface area (Å²) in [6, 6.07) is 6.25. The summed E-state index contributed by atoms with van der Waals surface area (Å²) in [5.41, 5.74) is 0.561. The van der Waals surface area contributed by atoms with Gasteiger partial charge in [0.25, 0.3) is 0 Å². The Kier molecular flexibility index (Phi) is 3.97. The number of likely N-dealkylation sites (N-methyl/N-ethyl adjacent to an activating group) is 1. The van der Waals surface area contributed by atoms with E-state index in [9.17, 15) is 9.18 Å². The quantitative estimate of drug-likeness (QED) is 0.891. The smallest absolute Gasteiger partial charge is 0.239 e. The lowest BCUT2D eigenvalue weighted by atomic mass is 10.1. The zero-order valence-electron chi connectivity index (χ0n) is 10.8. The molecule has 1 fully saturated rings. The van der Waals surface area contributed by atoms with E-state index in [-0.39, 0.29) is 23.8 Å². The van der Waals surface area contributed by atoms with Crippen LogP contribution in [0, 0.1) is 5.82 Å². The third-order valence-electron chi connectivity index (χ3n) is 3.64. The Bertz CT molecular complexity index is 430. The molecule has 1 saturated heterocycles. The first kappa shape index (κ1) is 13.0. The Balaban J connectivity index is 2.10. The second-order valence-corrected chi connectivity index (χ2v) is 4.80. The molecule has 0 spiro atoms. The van der Waals surface area contributed by atoms with Gasteiger partial charge in [0.15, 0.2) is 0 Å². The Hall–Kier alpha value is -1.42. The van der Waals surface area contributed by atoms with E-state index < -0.39 is 0 Å². The van der Waals surface area contributed by atoms with Crippen LogP contribution in [0.1, 0.15) is 31.4 Å². The topological polar surface area (TPSA) is 32.3 Å². The molecule has 0 saturated carbocycles. The van der Waals surface area contributed by atoms with Gasteiger partial charge in [-0.15, -0.1) is 0 Å². The lowest BCUT2D eigenvalue weighted by Gasteiger charge is -2.28. The molecule has 4 heteroatoms. The van der Waals surface area contributed by atoms with Gasteiger partial charge in [-0.05, 0) is 32.4 Å². The first-order valence-electron chi connectivity index (χ1n) is 6.35. The van der Waals surface area contributed by atoms with Crippen LogP contribution >= 0.6 is 0 Å². The summed E-state index contributed by atoms with van der Waals surface area (Å²) >= 11 is 0. The van der Waals surface area contributed by atoms with Crippen molar-refractivity contribution in [3.05, 3.63) is 35.6 Å². The summed E-state index contributed by atoms with van der Waals surface area (Å²) in [5.74, 6) is -0.215. The van der Waals surface area contributed by atoms with Crippen LogP contribution < -0.4 is 5.32 Å². The zero-order valence-corrected chi connectivity index (χ0v) is 10.8. The van der Waals surface area contributed by atoms with Crippen molar-refractivity contribution in [3.63, 3.8) is 0 Å². The molecule has 1 aromatic carbocycles. The number of nitrogens with one attached hydrogen (secondary N) is 1. The highest BCUT2D eigenvalue weighted by Gasteiger charge is 2.28. The molecule has 1 aliphatic heterocycles. The number of amides is 1. The predicted molar refractivity (Wildman–Crippen MR) is 68.6 cm³/mol. The van der Waals surface area contributed by atoms with Crippen LogP contribution in [0.5, 0.6) is 0 Å². The van der Waals surface area contributed by atoms with E-state index in [0.29, 0.717) is 5.56 Å². The molecule has 1 heterocycles. The summed E-state index contributed by atoms with van der Waals surface area (Å²) in [6.45, 7) is 2.74. The Morgan fingerprint density at radius 1 is 1.50 bits per heavy atom. The normalized spacial score (nSPS) is 20.7. The summed E-state index contributed by atoms with van der Waals surface area (Å²) in [7, 11) is 1.74. The lowest BCUT2D eigenvalue weighted by Crippen LogP contribution is -2.42. The number of halogens is 1. The summed E-state index contributed by atoms with van der Waals surface area (Å²) in [5, 5.41) is 3.17. The monoisotopic (exact) mass is 250 g/mol. The van der Waals surface area contributed by atoms with Crippen LogP contribution in [0.3, 0.4) is 0 Å². The van der Waals surface area contributed by atoms with E-state index in [1.165, 1.54) is 6.07 Å². The molecule has 1 aromatic rings. The summed E-state index contributed by atoms with van der Waals surface area (Å²) in [4.78, 5) is 13.8. The van der Waals surface area contributed by atoms with Crippen molar-refractivity contribution < 1.29 is 9.18 Å². The zero-order chi connectivity index (χ0) is 13.1. The minimum atomic E-state index is -0.260. The molecule has 0 radical (unpaired) electrons. The number of nitrogens with zero attached hydrogens (tertiary/aromatic N) is 1. The predicted octanol–water partition coefficient (Wildman–Crippen LogP) is 2.10. The Morgan fingerprint density at radius 2 is 2.22 bits per heavy atom. The van der Waals surface area contributed by atoms with Gasteiger partial charge in [-0.1, -0.05) is 18.2 Å². The van der Waals surface area contributed by atoms with Crippen LogP contribution in [0.25, 0.3) is 0 Å². The van der Waals surface area contributed by atoms with Crippen LogP contribution in [-0.2, 0) is 4.79 Å². The van der Waals surface area contributed by atoms with Crippen LogP contribution in [0.4, 0.5) is 4.39 Å². The molecule has 2 rings (SSSR count). The van der Waals surface area contributed by atoms with Gasteiger partial charge in [0, 0.05) is 12.6 Å². The number of carbonyl (C=O) groups excluding carboxylic acids is 1. The molecule has 0 aliphatic carbocycles. The number of hydrogen-bond acceptors (Lipinski definition) is 2. The third-order valence-corrected chi connectivity index (χ3v) is 3.64. The van der Waals surface area contributed by atoms with Gasteiger partial charge in [-0.2, -0.15) is 0 Å². The Morgan fingerprint density at radius 3 is 2.83 bits per heavy atom. The van der Waals surface area contributed by atoms with E-state index in [0.717, 1.165) is 19.4 Å². The first-order valence-corrected chi connectivity index (χ1v) is 6.35. The van der Waals surface area contributed by atoms with Gasteiger partial charge in [0.1, 0.15) is 5.82 Å². The molecule has 1 amide bonds. The molecule has 2 atom stereocenters. The lowest BCUT2D eigenvalue weighted by molar-refractivity contribution is -0.133. The molecule has 3 nitrogen and oxygen atoms in total. The van der Waals surface area contributed by atoms with Crippen molar-refractivity contribution in [2.75, 3.05) is 13.6 Å². The van der Waals surface area contributed by atoms with E-state index in [4.69, 9.17) is 0 Å². The van der Waals surface area contributed by atoms with Crippen molar-refractivity contribution in [2.24, 2.45) is 0 Å². The molecular formula is C14H19FN2O. The van der Waals surface area contributed by atoms with Gasteiger partial charge in [-0.3, -0.25) is 4.79 Å². The number of hydrogen-bond donors (Lipinski definition) is 1. The average molecular weight is 250 g/mol. The van der Waals surface area contributed by atoms with E-state index >= 15 is 0 Å². The van der Waals surface area contributed by atoms with Gasteiger partial charge in [0.05, 0.1) is 12.1 Å². The fourth-order valence-electron chi connectivity index (χ4n) is 2.35. The average Bonchev–Trinajstić information content (AvgIpc) is 2.90. The fourth-order valence-corrected chi connectivity index (χ4v) is 2.35. The summed E-state index contributed by atoms with van der Waals surface area (Å²) in [6.07, 6.45) is 1.89. The van der Waals surface area contributed by atoms with Gasteiger partial charge in [0.2, 0.25) is 5.91 Å². The molecular weight excluding hydrogens is 231 g/mol. The first-order chi connectivity index (χ1) is 8.61. The number of carbonyl (C=O) groups is 1. The van der Waals surface area contributed by atoms with Gasteiger partial charge in [-0.25, -0.2) is 4.39 Å². The molecule has 18 heavy (non-hydrogen) atoms. The molecule has 1 aliphatic rings. The van der Waals surface area contributed by atoms with Crippen molar-refractivity contribution in [1.82, 2.24) is 10.2 Å². The number of rotatable bonds is 3. The SMILES string of the molecule is CC(c1ccccc1F)N(C)C(=O)[C@H]1CCCN1. The second kappa shape index (κ2) is 5.48. The number of benzene rings is 1. The minimum Gasteiger partial charge on any atom is -0.338 e. The van der Waals surface area contributed by atoms with Crippen molar-refractivity contribution in [1.29, 1.82) is 0 Å². The van der Waals surface area contributed by atoms with Crippen molar-refractivity contribution in [3.8, 4) is 0 Å². The minimum absolute atomic E-state index is 0.0447. The van der Waals surface area contributed by atoms with E-state index in [1.807, 2.05) is 6.92 Å². The highest BCUT2D eigenvalue weighted by atomic mass is 19.1. The summed E-state index contributed by atoms with van der Waals surface area (Å²) < 4.78 is 13.7. The van der Waals surface area contributed by atoms with Crippen molar-refractivity contribution in [2.45, 2.75) is 31.8 Å². The maximum Gasteiger partial charge on any atom is 0.239 e. The molecule has 0 bridgehead atoms. The second-order valence-electron chi connectivity index (χ2n) is 4.80. The maximum atomic E-state index is 13.7. The standard InChI is InChI=1S/C14H19FN2O/c1-10(11-6-3-4-7-12(11)15)17(2)14(18)13-8-5-9-16-13/h3-4,6-7,10,13,16H,5,8-9H2,1-2H3/t10?,13-/m1/s1. The molecule has 98 valence electrons. The van der Waals surface area contributed by atoms with Crippen LogP contribution in [0.15, 0.2) is 24.3 Å². The van der Waals surface area contributed by atoms with Crippen LogP contribution in [-0.4, -0.2) is 30.4 Å². The maximum absolute atomic E-state index is 13.7. The highest BCUT2D eigenvalue weighted by Crippen LogP contribution is 2.23. The van der Waals surface area contributed by atoms with E-state index in [1.54, 1.807) is 30.1 Å².